The minimum Gasteiger partial charge on any atom is -0.0616 e. The fraction of sp³-hybridized carbons (Fsp3) is 0. The van der Waals surface area contributed by atoms with E-state index in [9.17, 15) is 0 Å². The highest BCUT2D eigenvalue weighted by molar-refractivity contribution is 6.16. The summed E-state index contributed by atoms with van der Waals surface area (Å²) in [5.74, 6) is 0. The Labute approximate surface area is 141 Å². The minimum atomic E-state index is 1.26. The van der Waals surface area contributed by atoms with Crippen molar-refractivity contribution in [3.63, 3.8) is 0 Å². The van der Waals surface area contributed by atoms with E-state index < -0.39 is 0 Å². The molecule has 4 aromatic carbocycles. The Balaban J connectivity index is 1.95. The average Bonchev–Trinajstić information content (AvgIpc) is 2.63. The highest BCUT2D eigenvalue weighted by atomic mass is 14.1. The standard InChI is InChI=1S/C24H16/c1-2-8-18-14-16-24-22-12-6-4-10-20(22)19-9-3-5-11-21(19)23(24)15-13-17(18)7-1/h1-16H/b15-13-,16-14-,17-13?,18-14?,23-15?,24-16?. The van der Waals surface area contributed by atoms with E-state index in [2.05, 4.69) is 97.1 Å². The SMILES string of the molecule is C1=C\c2c(c3ccccc3c3ccccc23)/C=C\c2ccccc2/1. The lowest BCUT2D eigenvalue weighted by molar-refractivity contribution is 1.61. The summed E-state index contributed by atoms with van der Waals surface area (Å²) in [6.07, 6.45) is 9.01. The predicted octanol–water partition coefficient (Wildman–Crippen LogP) is 6.65. The molecule has 0 amide bonds. The third-order valence-electron chi connectivity index (χ3n) is 4.87. The van der Waals surface area contributed by atoms with Crippen molar-refractivity contribution >= 4 is 45.8 Å². The summed E-state index contributed by atoms with van der Waals surface area (Å²) in [6.45, 7) is 0. The molecule has 1 aliphatic rings. The van der Waals surface area contributed by atoms with Gasteiger partial charge in [-0.1, -0.05) is 97.1 Å². The van der Waals surface area contributed by atoms with Crippen molar-refractivity contribution in [2.75, 3.05) is 0 Å². The van der Waals surface area contributed by atoms with Gasteiger partial charge < -0.3 is 0 Å². The molecule has 0 aliphatic heterocycles. The topological polar surface area (TPSA) is 0 Å². The minimum absolute atomic E-state index is 1.26. The largest absolute Gasteiger partial charge is 0.0616 e. The molecule has 5 rings (SSSR count). The summed E-state index contributed by atoms with van der Waals surface area (Å²) in [4.78, 5) is 0. The van der Waals surface area contributed by atoms with Crippen LogP contribution in [0.1, 0.15) is 22.3 Å². The summed E-state index contributed by atoms with van der Waals surface area (Å²) in [7, 11) is 0. The van der Waals surface area contributed by atoms with Gasteiger partial charge in [-0.15, -0.1) is 0 Å². The smallest absolute Gasteiger partial charge is 0.00987 e. The van der Waals surface area contributed by atoms with Crippen LogP contribution >= 0.6 is 0 Å². The van der Waals surface area contributed by atoms with Gasteiger partial charge in [0.25, 0.3) is 0 Å². The highest BCUT2D eigenvalue weighted by Crippen LogP contribution is 2.36. The molecule has 0 fully saturated rings. The van der Waals surface area contributed by atoms with Gasteiger partial charge in [0.1, 0.15) is 0 Å². The number of rotatable bonds is 0. The fourth-order valence-corrected chi connectivity index (χ4v) is 3.72. The van der Waals surface area contributed by atoms with Crippen molar-refractivity contribution in [3.05, 3.63) is 95.1 Å². The van der Waals surface area contributed by atoms with Gasteiger partial charge in [-0.3, -0.25) is 0 Å². The summed E-state index contributed by atoms with van der Waals surface area (Å²) < 4.78 is 0. The van der Waals surface area contributed by atoms with Crippen LogP contribution in [-0.2, 0) is 0 Å². The number of benzene rings is 4. The van der Waals surface area contributed by atoms with Crippen molar-refractivity contribution in [1.82, 2.24) is 0 Å². The molecule has 0 N–H and O–H groups in total. The molecule has 0 saturated carbocycles. The normalized spacial score (nSPS) is 15.3. The van der Waals surface area contributed by atoms with Gasteiger partial charge in [0, 0.05) is 0 Å². The first-order valence-corrected chi connectivity index (χ1v) is 8.30. The van der Waals surface area contributed by atoms with Crippen LogP contribution < -0.4 is 0 Å². The molecule has 0 saturated heterocycles. The van der Waals surface area contributed by atoms with Crippen molar-refractivity contribution in [1.29, 1.82) is 0 Å². The van der Waals surface area contributed by atoms with E-state index >= 15 is 0 Å². The van der Waals surface area contributed by atoms with Crippen LogP contribution in [0.5, 0.6) is 0 Å². The molecule has 0 unspecified atom stereocenters. The summed E-state index contributed by atoms with van der Waals surface area (Å²) in [5, 5.41) is 5.26. The first-order chi connectivity index (χ1) is 11.9. The van der Waals surface area contributed by atoms with Crippen LogP contribution in [0.25, 0.3) is 45.8 Å². The number of hydrogen-bond donors (Lipinski definition) is 0. The fourth-order valence-electron chi connectivity index (χ4n) is 3.72. The van der Waals surface area contributed by atoms with Crippen LogP contribution in [0.4, 0.5) is 0 Å². The molecule has 0 nitrogen and oxygen atoms in total. The van der Waals surface area contributed by atoms with Crippen molar-refractivity contribution in [2.24, 2.45) is 0 Å². The zero-order valence-electron chi connectivity index (χ0n) is 13.2. The van der Waals surface area contributed by atoms with E-state index in [-0.39, 0.29) is 0 Å². The maximum Gasteiger partial charge on any atom is -0.00987 e. The Morgan fingerprint density at radius 1 is 0.333 bits per heavy atom. The Morgan fingerprint density at radius 2 is 0.708 bits per heavy atom. The predicted molar refractivity (Wildman–Crippen MR) is 106 cm³/mol. The molecule has 0 spiro atoms. The van der Waals surface area contributed by atoms with E-state index in [1.807, 2.05) is 0 Å². The quantitative estimate of drug-likeness (QED) is 0.281. The van der Waals surface area contributed by atoms with E-state index in [1.54, 1.807) is 0 Å². The van der Waals surface area contributed by atoms with Gasteiger partial charge in [0.05, 0.1) is 0 Å². The summed E-state index contributed by atoms with van der Waals surface area (Å²) >= 11 is 0. The van der Waals surface area contributed by atoms with Crippen molar-refractivity contribution < 1.29 is 0 Å². The van der Waals surface area contributed by atoms with Crippen molar-refractivity contribution in [3.8, 4) is 0 Å². The highest BCUT2D eigenvalue weighted by Gasteiger charge is 2.11. The Morgan fingerprint density at radius 3 is 1.17 bits per heavy atom. The number of fused-ring (bicyclic) bond motifs is 7. The van der Waals surface area contributed by atoms with E-state index in [0.29, 0.717) is 0 Å². The van der Waals surface area contributed by atoms with Gasteiger partial charge in [0.15, 0.2) is 0 Å². The molecule has 112 valence electrons. The first kappa shape index (κ1) is 13.3. The van der Waals surface area contributed by atoms with Crippen LogP contribution in [0, 0.1) is 0 Å². The molecule has 0 heterocycles. The molecule has 0 heteroatoms. The molecule has 0 radical (unpaired) electrons. The lowest BCUT2D eigenvalue weighted by Crippen LogP contribution is -1.91. The maximum atomic E-state index is 2.27. The third-order valence-corrected chi connectivity index (χ3v) is 4.87. The van der Waals surface area contributed by atoms with E-state index in [4.69, 9.17) is 0 Å². The van der Waals surface area contributed by atoms with Crippen LogP contribution in [-0.4, -0.2) is 0 Å². The van der Waals surface area contributed by atoms with E-state index in [0.717, 1.165) is 0 Å². The molecule has 1 aliphatic carbocycles. The zero-order valence-corrected chi connectivity index (χ0v) is 13.2. The van der Waals surface area contributed by atoms with Crippen LogP contribution in [0.3, 0.4) is 0 Å². The second-order valence-corrected chi connectivity index (χ2v) is 6.21. The Kier molecular flexibility index (Phi) is 2.89. The van der Waals surface area contributed by atoms with Gasteiger partial charge in [0.2, 0.25) is 0 Å². The molecular formula is C24H16. The van der Waals surface area contributed by atoms with Gasteiger partial charge in [-0.2, -0.15) is 0 Å². The second-order valence-electron chi connectivity index (χ2n) is 6.21. The first-order valence-electron chi connectivity index (χ1n) is 8.30. The van der Waals surface area contributed by atoms with Crippen molar-refractivity contribution in [2.45, 2.75) is 0 Å². The van der Waals surface area contributed by atoms with E-state index in [1.165, 1.54) is 43.8 Å². The molecule has 0 aromatic heterocycles. The maximum absolute atomic E-state index is 2.27. The molecule has 4 aromatic rings. The Hall–Kier alpha value is -3.12. The molecule has 24 heavy (non-hydrogen) atoms. The lowest BCUT2D eigenvalue weighted by atomic mass is 9.89. The van der Waals surface area contributed by atoms with Crippen LogP contribution in [0.2, 0.25) is 0 Å². The van der Waals surface area contributed by atoms with Gasteiger partial charge in [-0.25, -0.2) is 0 Å². The molecule has 0 bridgehead atoms. The zero-order chi connectivity index (χ0) is 15.9. The average molecular weight is 304 g/mol. The lowest BCUT2D eigenvalue weighted by Gasteiger charge is -2.15. The van der Waals surface area contributed by atoms with Gasteiger partial charge in [-0.05, 0) is 43.8 Å². The monoisotopic (exact) mass is 304 g/mol. The molecular weight excluding hydrogens is 288 g/mol. The Bertz CT molecular complexity index is 1050. The molecule has 0 atom stereocenters. The van der Waals surface area contributed by atoms with Gasteiger partial charge >= 0.3 is 0 Å². The summed E-state index contributed by atoms with van der Waals surface area (Å²) in [6, 6.07) is 25.9. The second kappa shape index (κ2) is 5.21. The number of hydrogen-bond acceptors (Lipinski definition) is 0. The summed E-state index contributed by atoms with van der Waals surface area (Å²) in [5.41, 5.74) is 5.12. The van der Waals surface area contributed by atoms with Crippen LogP contribution in [0.15, 0.2) is 72.8 Å². The third kappa shape index (κ3) is 1.93.